The van der Waals surface area contributed by atoms with Gasteiger partial charge in [0, 0.05) is 25.6 Å². The van der Waals surface area contributed by atoms with E-state index in [4.69, 9.17) is 22.7 Å². The lowest BCUT2D eigenvalue weighted by Gasteiger charge is -2.25. The van der Waals surface area contributed by atoms with Gasteiger partial charge in [0.25, 0.3) is 0 Å². The summed E-state index contributed by atoms with van der Waals surface area (Å²) in [6.07, 6.45) is 4.84. The molecular formula is C11H22N2OS. The third kappa shape index (κ3) is 4.91. The maximum atomic E-state index is 5.59. The van der Waals surface area contributed by atoms with Crippen molar-refractivity contribution in [2.75, 3.05) is 20.2 Å². The number of hydrogen-bond acceptors (Lipinski definition) is 3. The van der Waals surface area contributed by atoms with E-state index in [1.165, 1.54) is 12.8 Å². The molecular weight excluding hydrogens is 208 g/mol. The predicted molar refractivity (Wildman–Crippen MR) is 67.1 cm³/mol. The second-order valence-corrected chi connectivity index (χ2v) is 4.95. The molecule has 88 valence electrons. The smallest absolute Gasteiger partial charge is 0.0742 e. The summed E-state index contributed by atoms with van der Waals surface area (Å²) in [7, 11) is 2.12. The van der Waals surface area contributed by atoms with E-state index in [2.05, 4.69) is 18.9 Å². The number of nitrogens with zero attached hydrogens (tertiary/aromatic N) is 1. The van der Waals surface area contributed by atoms with E-state index in [-0.39, 0.29) is 0 Å². The van der Waals surface area contributed by atoms with Crippen molar-refractivity contribution >= 4 is 17.2 Å². The predicted octanol–water partition coefficient (Wildman–Crippen LogP) is 1.55. The summed E-state index contributed by atoms with van der Waals surface area (Å²) >= 11 is 4.91. The van der Waals surface area contributed by atoms with Gasteiger partial charge in [-0.2, -0.15) is 0 Å². The average molecular weight is 230 g/mol. The van der Waals surface area contributed by atoms with Crippen LogP contribution in [0.2, 0.25) is 0 Å². The van der Waals surface area contributed by atoms with Crippen molar-refractivity contribution in [3.63, 3.8) is 0 Å². The maximum Gasteiger partial charge on any atom is 0.0742 e. The van der Waals surface area contributed by atoms with Gasteiger partial charge in [0.2, 0.25) is 0 Å². The molecule has 0 aromatic heterocycles. The second kappa shape index (κ2) is 6.40. The Morgan fingerprint density at radius 3 is 2.93 bits per heavy atom. The molecule has 3 nitrogen and oxygen atoms in total. The molecule has 1 aliphatic heterocycles. The Morgan fingerprint density at radius 2 is 2.40 bits per heavy atom. The fourth-order valence-electron chi connectivity index (χ4n) is 1.89. The first-order chi connectivity index (χ1) is 7.09. The van der Waals surface area contributed by atoms with Crippen LogP contribution in [0.4, 0.5) is 0 Å². The molecule has 0 spiro atoms. The molecule has 1 fully saturated rings. The van der Waals surface area contributed by atoms with Crippen LogP contribution in [0.5, 0.6) is 0 Å². The first-order valence-electron chi connectivity index (χ1n) is 5.69. The van der Waals surface area contributed by atoms with Crippen LogP contribution in [-0.4, -0.2) is 42.2 Å². The van der Waals surface area contributed by atoms with E-state index in [0.717, 1.165) is 26.0 Å². The van der Waals surface area contributed by atoms with Gasteiger partial charge in [0.05, 0.1) is 11.1 Å². The van der Waals surface area contributed by atoms with Gasteiger partial charge in [0.1, 0.15) is 0 Å². The first-order valence-corrected chi connectivity index (χ1v) is 6.10. The zero-order valence-corrected chi connectivity index (χ0v) is 10.6. The van der Waals surface area contributed by atoms with Crippen LogP contribution in [0, 0.1) is 0 Å². The number of hydrogen-bond donors (Lipinski definition) is 1. The molecule has 0 bridgehead atoms. The van der Waals surface area contributed by atoms with E-state index < -0.39 is 0 Å². The zero-order valence-electron chi connectivity index (χ0n) is 9.74. The lowest BCUT2D eigenvalue weighted by Crippen LogP contribution is -2.34. The molecule has 0 aliphatic carbocycles. The van der Waals surface area contributed by atoms with Crippen LogP contribution >= 0.6 is 12.2 Å². The molecule has 2 N–H and O–H groups in total. The highest BCUT2D eigenvalue weighted by molar-refractivity contribution is 7.80. The molecule has 0 aromatic carbocycles. The van der Waals surface area contributed by atoms with Crippen molar-refractivity contribution in [3.8, 4) is 0 Å². The van der Waals surface area contributed by atoms with Crippen molar-refractivity contribution in [1.29, 1.82) is 0 Å². The normalized spacial score (nSPS) is 23.3. The van der Waals surface area contributed by atoms with Gasteiger partial charge in [0.15, 0.2) is 0 Å². The Balaban J connectivity index is 2.16. The second-order valence-electron chi connectivity index (χ2n) is 4.42. The van der Waals surface area contributed by atoms with Gasteiger partial charge in [-0.3, -0.25) is 0 Å². The molecule has 2 atom stereocenters. The third-order valence-corrected chi connectivity index (χ3v) is 3.24. The monoisotopic (exact) mass is 230 g/mol. The van der Waals surface area contributed by atoms with Crippen molar-refractivity contribution in [1.82, 2.24) is 4.90 Å². The molecule has 1 rings (SSSR count). The molecule has 1 saturated heterocycles. The average Bonchev–Trinajstić information content (AvgIpc) is 2.65. The van der Waals surface area contributed by atoms with Crippen LogP contribution < -0.4 is 5.73 Å². The summed E-state index contributed by atoms with van der Waals surface area (Å²) in [5.41, 5.74) is 5.53. The van der Waals surface area contributed by atoms with Gasteiger partial charge in [-0.15, -0.1) is 0 Å². The standard InChI is InChI=1S/C11H22N2OS/c1-9(8-11(12)15)13(2)6-5-10-4-3-7-14-10/h9-10H,3-8H2,1-2H3,(H2,12,15). The van der Waals surface area contributed by atoms with Crippen molar-refractivity contribution in [2.24, 2.45) is 5.73 Å². The largest absolute Gasteiger partial charge is 0.393 e. The number of rotatable bonds is 6. The van der Waals surface area contributed by atoms with E-state index in [0.29, 0.717) is 17.1 Å². The fraction of sp³-hybridized carbons (Fsp3) is 0.909. The van der Waals surface area contributed by atoms with Crippen LogP contribution in [0.3, 0.4) is 0 Å². The molecule has 1 heterocycles. The molecule has 2 unspecified atom stereocenters. The summed E-state index contributed by atoms with van der Waals surface area (Å²) in [5.74, 6) is 0. The topological polar surface area (TPSA) is 38.5 Å². The molecule has 0 amide bonds. The van der Waals surface area contributed by atoms with Crippen LogP contribution in [-0.2, 0) is 4.74 Å². The summed E-state index contributed by atoms with van der Waals surface area (Å²) in [6.45, 7) is 4.17. The van der Waals surface area contributed by atoms with Gasteiger partial charge in [-0.05, 0) is 33.2 Å². The summed E-state index contributed by atoms with van der Waals surface area (Å²) in [4.78, 5) is 2.91. The minimum absolute atomic E-state index is 0.434. The van der Waals surface area contributed by atoms with Crippen LogP contribution in [0.25, 0.3) is 0 Å². The molecule has 0 saturated carbocycles. The van der Waals surface area contributed by atoms with Crippen molar-refractivity contribution < 1.29 is 4.74 Å². The van der Waals surface area contributed by atoms with E-state index in [1.54, 1.807) is 0 Å². The van der Waals surface area contributed by atoms with Gasteiger partial charge in [-0.25, -0.2) is 0 Å². The quantitative estimate of drug-likeness (QED) is 0.703. The minimum atomic E-state index is 0.434. The Bertz CT molecular complexity index is 205. The fourth-order valence-corrected chi connectivity index (χ4v) is 2.13. The summed E-state index contributed by atoms with van der Waals surface area (Å²) in [6, 6.07) is 0.434. The minimum Gasteiger partial charge on any atom is -0.393 e. The SMILES string of the molecule is CC(CC(N)=S)N(C)CCC1CCCO1. The Kier molecular flexibility index (Phi) is 5.50. The molecule has 0 aromatic rings. The van der Waals surface area contributed by atoms with Gasteiger partial charge in [-0.1, -0.05) is 12.2 Å². The van der Waals surface area contributed by atoms with Crippen molar-refractivity contribution in [3.05, 3.63) is 0 Å². The Morgan fingerprint density at radius 1 is 1.67 bits per heavy atom. The number of thiocarbonyl (C=S) groups is 1. The highest BCUT2D eigenvalue weighted by atomic mass is 32.1. The molecule has 15 heavy (non-hydrogen) atoms. The van der Waals surface area contributed by atoms with E-state index in [1.807, 2.05) is 0 Å². The van der Waals surface area contributed by atoms with Crippen LogP contribution in [0.1, 0.15) is 32.6 Å². The van der Waals surface area contributed by atoms with Gasteiger partial charge < -0.3 is 15.4 Å². The van der Waals surface area contributed by atoms with E-state index >= 15 is 0 Å². The molecule has 4 heteroatoms. The van der Waals surface area contributed by atoms with Gasteiger partial charge >= 0.3 is 0 Å². The lowest BCUT2D eigenvalue weighted by molar-refractivity contribution is 0.0912. The van der Waals surface area contributed by atoms with E-state index in [9.17, 15) is 0 Å². The Hall–Kier alpha value is -0.190. The highest BCUT2D eigenvalue weighted by Crippen LogP contribution is 2.16. The lowest BCUT2D eigenvalue weighted by atomic mass is 10.1. The van der Waals surface area contributed by atoms with Crippen LogP contribution in [0.15, 0.2) is 0 Å². The summed E-state index contributed by atoms with van der Waals surface area (Å²) in [5, 5.41) is 0. The highest BCUT2D eigenvalue weighted by Gasteiger charge is 2.17. The molecule has 0 radical (unpaired) electrons. The maximum absolute atomic E-state index is 5.59. The summed E-state index contributed by atoms with van der Waals surface area (Å²) < 4.78 is 5.59. The Labute approximate surface area is 98.0 Å². The molecule has 1 aliphatic rings. The van der Waals surface area contributed by atoms with Crippen molar-refractivity contribution in [2.45, 2.75) is 44.8 Å². The number of ether oxygens (including phenoxy) is 1. The zero-order chi connectivity index (χ0) is 11.3. The number of nitrogens with two attached hydrogens (primary N) is 1. The third-order valence-electron chi connectivity index (χ3n) is 3.08. The first kappa shape index (κ1) is 12.9.